The summed E-state index contributed by atoms with van der Waals surface area (Å²) >= 11 is 0. The van der Waals surface area contributed by atoms with E-state index in [-0.39, 0.29) is 18.6 Å². The summed E-state index contributed by atoms with van der Waals surface area (Å²) in [6.07, 6.45) is 0.130. The van der Waals surface area contributed by atoms with Crippen molar-refractivity contribution in [2.45, 2.75) is 63.2 Å². The molecule has 0 bridgehead atoms. The molecule has 1 aromatic carbocycles. The van der Waals surface area contributed by atoms with Gasteiger partial charge >= 0.3 is 11.9 Å². The van der Waals surface area contributed by atoms with Gasteiger partial charge in [-0.1, -0.05) is 12.1 Å². The fourth-order valence-corrected chi connectivity index (χ4v) is 3.71. The van der Waals surface area contributed by atoms with Gasteiger partial charge in [0.2, 0.25) is 17.7 Å². The van der Waals surface area contributed by atoms with Crippen LogP contribution in [0, 0.1) is 0 Å². The number of nitrogens with two attached hydrogens (primary N) is 1. The highest BCUT2D eigenvalue weighted by Gasteiger charge is 2.37. The van der Waals surface area contributed by atoms with E-state index in [9.17, 15) is 34.2 Å². The zero-order chi connectivity index (χ0) is 25.4. The fourth-order valence-electron chi connectivity index (χ4n) is 3.71. The molecular weight excluding hydrogens is 448 g/mol. The number of phenols is 1. The summed E-state index contributed by atoms with van der Waals surface area (Å²) in [7, 11) is 0. The molecule has 0 aliphatic carbocycles. The van der Waals surface area contributed by atoms with Crippen molar-refractivity contribution in [3.8, 4) is 5.75 Å². The summed E-state index contributed by atoms with van der Waals surface area (Å²) in [5, 5.41) is 32.6. The van der Waals surface area contributed by atoms with Gasteiger partial charge in [-0.25, -0.2) is 4.79 Å². The molecule has 1 aliphatic heterocycles. The molecule has 1 heterocycles. The third-order valence-electron chi connectivity index (χ3n) is 5.50. The van der Waals surface area contributed by atoms with E-state index in [1.807, 2.05) is 0 Å². The topological polar surface area (TPSA) is 199 Å². The van der Waals surface area contributed by atoms with Gasteiger partial charge in [-0.3, -0.25) is 19.2 Å². The zero-order valence-corrected chi connectivity index (χ0v) is 18.8. The van der Waals surface area contributed by atoms with Crippen molar-refractivity contribution in [3.05, 3.63) is 29.8 Å². The molecule has 34 heavy (non-hydrogen) atoms. The maximum Gasteiger partial charge on any atom is 0.326 e. The number of hydrogen-bond donors (Lipinski definition) is 6. The van der Waals surface area contributed by atoms with Gasteiger partial charge in [0.1, 0.15) is 23.9 Å². The Morgan fingerprint density at radius 2 is 1.74 bits per heavy atom. The van der Waals surface area contributed by atoms with E-state index in [1.165, 1.54) is 24.0 Å². The Balaban J connectivity index is 2.21. The Labute approximate surface area is 196 Å². The number of amides is 3. The monoisotopic (exact) mass is 478 g/mol. The van der Waals surface area contributed by atoms with E-state index >= 15 is 0 Å². The van der Waals surface area contributed by atoms with Crippen LogP contribution in [0.1, 0.15) is 38.2 Å². The Bertz CT molecular complexity index is 918. The first-order chi connectivity index (χ1) is 16.0. The van der Waals surface area contributed by atoms with Crippen molar-refractivity contribution < 1.29 is 39.3 Å². The lowest BCUT2D eigenvalue weighted by Crippen LogP contribution is -2.57. The number of nitrogens with one attached hydrogen (secondary N) is 2. The number of carbonyl (C=O) groups excluding carboxylic acids is 3. The predicted molar refractivity (Wildman–Crippen MR) is 119 cm³/mol. The van der Waals surface area contributed by atoms with Gasteiger partial charge in [0.15, 0.2) is 0 Å². The quantitative estimate of drug-likeness (QED) is 0.235. The third-order valence-corrected chi connectivity index (χ3v) is 5.50. The maximum atomic E-state index is 13.0. The maximum absolute atomic E-state index is 13.0. The first kappa shape index (κ1) is 26.6. The number of aromatic hydroxyl groups is 1. The second-order valence-electron chi connectivity index (χ2n) is 8.24. The van der Waals surface area contributed by atoms with E-state index < -0.39 is 60.2 Å². The van der Waals surface area contributed by atoms with Crippen molar-refractivity contribution in [2.75, 3.05) is 6.54 Å². The molecule has 1 fully saturated rings. The lowest BCUT2D eigenvalue weighted by molar-refractivity contribution is -0.144. The minimum Gasteiger partial charge on any atom is -0.508 e. The van der Waals surface area contributed by atoms with Crippen LogP contribution in [0.5, 0.6) is 5.75 Å². The molecule has 3 amide bonds. The minimum absolute atomic E-state index is 0.00409. The average Bonchev–Trinajstić information content (AvgIpc) is 3.26. The van der Waals surface area contributed by atoms with Crippen LogP contribution in [0.25, 0.3) is 0 Å². The third kappa shape index (κ3) is 7.44. The minimum atomic E-state index is -1.47. The number of likely N-dealkylation sites (tertiary alicyclic amines) is 1. The van der Waals surface area contributed by atoms with Crippen LogP contribution in [0.15, 0.2) is 24.3 Å². The summed E-state index contributed by atoms with van der Waals surface area (Å²) in [4.78, 5) is 62.0. The molecule has 2 rings (SSSR count). The van der Waals surface area contributed by atoms with Crippen LogP contribution in [0.2, 0.25) is 0 Å². The van der Waals surface area contributed by atoms with Gasteiger partial charge in [-0.2, -0.15) is 0 Å². The van der Waals surface area contributed by atoms with Crippen LogP contribution >= 0.6 is 0 Å². The normalized spacial score (nSPS) is 17.9. The van der Waals surface area contributed by atoms with E-state index in [4.69, 9.17) is 10.8 Å². The number of carbonyl (C=O) groups is 5. The molecule has 0 saturated carbocycles. The molecule has 0 aromatic heterocycles. The van der Waals surface area contributed by atoms with Gasteiger partial charge in [0, 0.05) is 19.4 Å². The highest BCUT2D eigenvalue weighted by atomic mass is 16.4. The van der Waals surface area contributed by atoms with Crippen molar-refractivity contribution in [3.63, 3.8) is 0 Å². The lowest BCUT2D eigenvalue weighted by atomic mass is 10.0. The number of hydrogen-bond acceptors (Lipinski definition) is 7. The average molecular weight is 479 g/mol. The standard InChI is InChI=1S/C22H30N4O8/c1-12(23)21(32)26-10-2-3-17(26)20(31)25-16(11-13-4-6-14(27)7-5-13)19(30)24-15(22(33)34)8-9-18(28)29/h4-7,12,15-17,27H,2-3,8-11,23H2,1H3,(H,24,30)(H,25,31)(H,28,29)(H,33,34). The Morgan fingerprint density at radius 3 is 2.29 bits per heavy atom. The second-order valence-corrected chi connectivity index (χ2v) is 8.24. The van der Waals surface area contributed by atoms with Gasteiger partial charge in [-0.15, -0.1) is 0 Å². The number of benzene rings is 1. The Morgan fingerprint density at radius 1 is 1.09 bits per heavy atom. The highest BCUT2D eigenvalue weighted by Crippen LogP contribution is 2.19. The van der Waals surface area contributed by atoms with Crippen LogP contribution in [-0.2, 0) is 30.4 Å². The molecule has 1 saturated heterocycles. The van der Waals surface area contributed by atoms with Crippen LogP contribution in [0.3, 0.4) is 0 Å². The molecule has 186 valence electrons. The van der Waals surface area contributed by atoms with Gasteiger partial charge < -0.3 is 36.6 Å². The largest absolute Gasteiger partial charge is 0.508 e. The van der Waals surface area contributed by atoms with E-state index in [1.54, 1.807) is 12.1 Å². The molecule has 1 aliphatic rings. The van der Waals surface area contributed by atoms with Crippen molar-refractivity contribution >= 4 is 29.7 Å². The van der Waals surface area contributed by atoms with E-state index in [0.717, 1.165) is 0 Å². The number of phenolic OH excluding ortho intramolecular Hbond substituents is 1. The summed E-state index contributed by atoms with van der Waals surface area (Å²) in [5.74, 6) is -4.41. The number of carboxylic acid groups (broad SMARTS) is 2. The molecule has 12 heteroatoms. The van der Waals surface area contributed by atoms with E-state index in [0.29, 0.717) is 24.9 Å². The second kappa shape index (κ2) is 12.0. The lowest BCUT2D eigenvalue weighted by Gasteiger charge is -2.28. The summed E-state index contributed by atoms with van der Waals surface area (Å²) < 4.78 is 0. The fraction of sp³-hybridized carbons (Fsp3) is 0.500. The molecule has 4 unspecified atom stereocenters. The van der Waals surface area contributed by atoms with Crippen LogP contribution in [-0.4, -0.2) is 80.6 Å². The smallest absolute Gasteiger partial charge is 0.326 e. The highest BCUT2D eigenvalue weighted by molar-refractivity contribution is 5.94. The predicted octanol–water partition coefficient (Wildman–Crippen LogP) is -0.808. The molecule has 12 nitrogen and oxygen atoms in total. The number of rotatable bonds is 11. The SMILES string of the molecule is CC(N)C(=O)N1CCCC1C(=O)NC(Cc1ccc(O)cc1)C(=O)NC(CCC(=O)O)C(=O)O. The molecular formula is C22H30N4O8. The van der Waals surface area contributed by atoms with Gasteiger partial charge in [0.05, 0.1) is 6.04 Å². The summed E-state index contributed by atoms with van der Waals surface area (Å²) in [5.41, 5.74) is 6.24. The van der Waals surface area contributed by atoms with E-state index in [2.05, 4.69) is 10.6 Å². The molecule has 1 aromatic rings. The van der Waals surface area contributed by atoms with Crippen LogP contribution < -0.4 is 16.4 Å². The number of carboxylic acids is 2. The van der Waals surface area contributed by atoms with Gasteiger partial charge in [0.25, 0.3) is 0 Å². The Hall–Kier alpha value is -3.67. The van der Waals surface area contributed by atoms with Crippen molar-refractivity contribution in [2.24, 2.45) is 5.73 Å². The molecule has 0 spiro atoms. The molecule has 4 atom stereocenters. The van der Waals surface area contributed by atoms with Crippen molar-refractivity contribution in [1.29, 1.82) is 0 Å². The summed E-state index contributed by atoms with van der Waals surface area (Å²) in [6.45, 7) is 1.86. The van der Waals surface area contributed by atoms with Gasteiger partial charge in [-0.05, 0) is 43.9 Å². The van der Waals surface area contributed by atoms with Crippen molar-refractivity contribution in [1.82, 2.24) is 15.5 Å². The van der Waals surface area contributed by atoms with Crippen LogP contribution in [0.4, 0.5) is 0 Å². The summed E-state index contributed by atoms with van der Waals surface area (Å²) in [6, 6.07) is 1.59. The number of aliphatic carboxylic acids is 2. The molecule has 7 N–H and O–H groups in total. The first-order valence-electron chi connectivity index (χ1n) is 10.9. The Kier molecular flexibility index (Phi) is 9.36. The zero-order valence-electron chi connectivity index (χ0n) is 18.8. The number of nitrogens with zero attached hydrogens (tertiary/aromatic N) is 1. The first-order valence-corrected chi connectivity index (χ1v) is 10.9. The molecule has 0 radical (unpaired) electrons.